The molecule has 96 valence electrons. The molecule has 1 atom stereocenters. The second-order valence-electron chi connectivity index (χ2n) is 4.26. The maximum Gasteiger partial charge on any atom is 0.181 e. The van der Waals surface area contributed by atoms with Gasteiger partial charge in [0, 0.05) is 22.7 Å². The quantitative estimate of drug-likeness (QED) is 0.797. The van der Waals surface area contributed by atoms with E-state index in [9.17, 15) is 4.79 Å². The van der Waals surface area contributed by atoms with Crippen LogP contribution in [0.3, 0.4) is 0 Å². The number of carbonyl (C=O) groups excluding carboxylic acids is 1. The molecular formula is C15H20N2O. The Morgan fingerprint density at radius 1 is 1.28 bits per heavy atom. The lowest BCUT2D eigenvalue weighted by Gasteiger charge is -2.07. The van der Waals surface area contributed by atoms with Crippen LogP contribution in [0.2, 0.25) is 0 Å². The van der Waals surface area contributed by atoms with E-state index in [4.69, 9.17) is 0 Å². The number of H-pyrrole nitrogens is 1. The molecule has 1 aromatic heterocycles. The summed E-state index contributed by atoms with van der Waals surface area (Å²) in [6.45, 7) is 4.96. The van der Waals surface area contributed by atoms with Crippen molar-refractivity contribution in [1.82, 2.24) is 10.3 Å². The molecule has 0 spiro atoms. The summed E-state index contributed by atoms with van der Waals surface area (Å²) in [7, 11) is 0. The summed E-state index contributed by atoms with van der Waals surface area (Å²) in [4.78, 5) is 15.4. The van der Waals surface area contributed by atoms with Gasteiger partial charge in [-0.25, -0.2) is 0 Å². The van der Waals surface area contributed by atoms with Crippen LogP contribution in [0, 0.1) is 0 Å². The number of ketones is 1. The average Bonchev–Trinajstić information content (AvgIpc) is 3.10. The second-order valence-corrected chi connectivity index (χ2v) is 4.26. The first-order valence-corrected chi connectivity index (χ1v) is 6.70. The number of carbonyl (C=O) groups is 1. The highest BCUT2D eigenvalue weighted by Crippen LogP contribution is 2.21. The van der Waals surface area contributed by atoms with Gasteiger partial charge >= 0.3 is 0 Å². The number of fused-ring (bicyclic) bond motifs is 1. The first-order valence-electron chi connectivity index (χ1n) is 6.70. The number of Topliss-reactive ketones (excluding diaryl/α,β-unsaturated/α-hetero) is 1. The highest BCUT2D eigenvalue weighted by atomic mass is 16.1. The van der Waals surface area contributed by atoms with Crippen LogP contribution < -0.4 is 5.32 Å². The summed E-state index contributed by atoms with van der Waals surface area (Å²) in [6.07, 6.45) is 3.88. The minimum Gasteiger partial charge on any atom is -0.360 e. The minimum absolute atomic E-state index is 0.0132. The van der Waals surface area contributed by atoms with Crippen LogP contribution in [-0.4, -0.2) is 23.4 Å². The lowest BCUT2D eigenvalue weighted by Crippen LogP contribution is -2.30. The third kappa shape index (κ3) is 2.31. The third-order valence-electron chi connectivity index (χ3n) is 3.23. The summed E-state index contributed by atoms with van der Waals surface area (Å²) in [5, 5.41) is 4.27. The van der Waals surface area contributed by atoms with Crippen LogP contribution in [0.25, 0.3) is 10.9 Å². The van der Waals surface area contributed by atoms with E-state index in [0.29, 0.717) is 0 Å². The molecule has 2 heterocycles. The largest absolute Gasteiger partial charge is 0.360 e. The number of aromatic nitrogens is 1. The maximum atomic E-state index is 12.2. The average molecular weight is 244 g/mol. The molecule has 18 heavy (non-hydrogen) atoms. The number of aromatic amines is 1. The maximum absolute atomic E-state index is 12.2. The van der Waals surface area contributed by atoms with Crippen LogP contribution in [0.1, 0.15) is 37.0 Å². The van der Waals surface area contributed by atoms with E-state index in [-0.39, 0.29) is 11.8 Å². The Kier molecular flexibility index (Phi) is 4.15. The normalized spacial score (nSPS) is 18.4. The number of benzene rings is 1. The van der Waals surface area contributed by atoms with Gasteiger partial charge in [-0.1, -0.05) is 32.0 Å². The van der Waals surface area contributed by atoms with Gasteiger partial charge in [-0.3, -0.25) is 4.79 Å². The SMILES string of the molecule is CC.O=C(c1c[nH]c2ccccc12)[C@H]1CCCN1. The Morgan fingerprint density at radius 2 is 2.06 bits per heavy atom. The first kappa shape index (κ1) is 12.8. The predicted molar refractivity (Wildman–Crippen MR) is 75.0 cm³/mol. The lowest BCUT2D eigenvalue weighted by atomic mass is 10.0. The van der Waals surface area contributed by atoms with Gasteiger partial charge in [0.1, 0.15) is 0 Å². The van der Waals surface area contributed by atoms with Crippen molar-refractivity contribution >= 4 is 16.7 Å². The summed E-state index contributed by atoms with van der Waals surface area (Å²) in [5.41, 5.74) is 1.85. The van der Waals surface area contributed by atoms with E-state index in [1.165, 1.54) is 0 Å². The molecule has 0 saturated carbocycles. The van der Waals surface area contributed by atoms with Crippen molar-refractivity contribution in [2.45, 2.75) is 32.7 Å². The summed E-state index contributed by atoms with van der Waals surface area (Å²) in [6, 6.07) is 7.94. The van der Waals surface area contributed by atoms with Crippen molar-refractivity contribution in [2.24, 2.45) is 0 Å². The van der Waals surface area contributed by atoms with Crippen LogP contribution in [0.4, 0.5) is 0 Å². The summed E-state index contributed by atoms with van der Waals surface area (Å²) in [5.74, 6) is 0.218. The zero-order valence-corrected chi connectivity index (χ0v) is 11.0. The van der Waals surface area contributed by atoms with Crippen LogP contribution in [-0.2, 0) is 0 Å². The molecule has 2 N–H and O–H groups in total. The Labute approximate surface area is 108 Å². The molecule has 3 heteroatoms. The number of para-hydroxylation sites is 1. The number of rotatable bonds is 2. The van der Waals surface area contributed by atoms with Gasteiger partial charge in [-0.15, -0.1) is 0 Å². The topological polar surface area (TPSA) is 44.9 Å². The predicted octanol–water partition coefficient (Wildman–Crippen LogP) is 3.13. The first-order chi connectivity index (χ1) is 8.86. The molecule has 0 aliphatic carbocycles. The molecule has 1 saturated heterocycles. The number of hydrogen-bond acceptors (Lipinski definition) is 2. The van der Waals surface area contributed by atoms with Gasteiger partial charge < -0.3 is 10.3 Å². The molecule has 3 rings (SSSR count). The molecule has 1 aliphatic rings. The zero-order chi connectivity index (χ0) is 13.0. The van der Waals surface area contributed by atoms with E-state index in [2.05, 4.69) is 10.3 Å². The van der Waals surface area contributed by atoms with Gasteiger partial charge in [0.15, 0.2) is 5.78 Å². The van der Waals surface area contributed by atoms with Gasteiger partial charge in [-0.2, -0.15) is 0 Å². The minimum atomic E-state index is 0.0132. The molecular weight excluding hydrogens is 224 g/mol. The van der Waals surface area contributed by atoms with E-state index in [0.717, 1.165) is 35.9 Å². The Bertz CT molecular complexity index is 524. The van der Waals surface area contributed by atoms with Crippen molar-refractivity contribution in [1.29, 1.82) is 0 Å². The molecule has 1 aromatic carbocycles. The molecule has 0 amide bonds. The standard InChI is InChI=1S/C13H14N2O.C2H6/c16-13(12-6-3-7-14-12)10-8-15-11-5-2-1-4-9(10)11;1-2/h1-2,4-5,8,12,14-15H,3,6-7H2;1-2H3/t12-;/m1./s1. The van der Waals surface area contributed by atoms with Gasteiger partial charge in [0.05, 0.1) is 6.04 Å². The van der Waals surface area contributed by atoms with Crippen LogP contribution >= 0.6 is 0 Å². The fraction of sp³-hybridized carbons (Fsp3) is 0.400. The smallest absolute Gasteiger partial charge is 0.181 e. The Morgan fingerprint density at radius 3 is 2.78 bits per heavy atom. The third-order valence-corrected chi connectivity index (χ3v) is 3.23. The Hall–Kier alpha value is -1.61. The van der Waals surface area contributed by atoms with Crippen molar-refractivity contribution < 1.29 is 4.79 Å². The van der Waals surface area contributed by atoms with E-state index >= 15 is 0 Å². The summed E-state index contributed by atoms with van der Waals surface area (Å²) < 4.78 is 0. The monoisotopic (exact) mass is 244 g/mol. The zero-order valence-electron chi connectivity index (χ0n) is 11.0. The highest BCUT2D eigenvalue weighted by molar-refractivity contribution is 6.10. The number of hydrogen-bond donors (Lipinski definition) is 2. The van der Waals surface area contributed by atoms with Crippen molar-refractivity contribution in [2.75, 3.05) is 6.54 Å². The molecule has 0 radical (unpaired) electrons. The molecule has 2 aromatic rings. The van der Waals surface area contributed by atoms with Crippen LogP contribution in [0.15, 0.2) is 30.5 Å². The molecule has 0 unspecified atom stereocenters. The Balaban J connectivity index is 0.000000574. The van der Waals surface area contributed by atoms with E-state index in [1.54, 1.807) is 0 Å². The van der Waals surface area contributed by atoms with Gasteiger partial charge in [-0.05, 0) is 25.5 Å². The lowest BCUT2D eigenvalue weighted by molar-refractivity contribution is 0.0954. The van der Waals surface area contributed by atoms with E-state index in [1.807, 2.05) is 44.3 Å². The fourth-order valence-electron chi connectivity index (χ4n) is 2.37. The summed E-state index contributed by atoms with van der Waals surface area (Å²) >= 11 is 0. The molecule has 1 fully saturated rings. The highest BCUT2D eigenvalue weighted by Gasteiger charge is 2.24. The van der Waals surface area contributed by atoms with Crippen molar-refractivity contribution in [3.05, 3.63) is 36.0 Å². The van der Waals surface area contributed by atoms with Crippen LogP contribution in [0.5, 0.6) is 0 Å². The number of nitrogens with one attached hydrogen (secondary N) is 2. The fourth-order valence-corrected chi connectivity index (χ4v) is 2.37. The molecule has 1 aliphatic heterocycles. The van der Waals surface area contributed by atoms with Crippen molar-refractivity contribution in [3.8, 4) is 0 Å². The van der Waals surface area contributed by atoms with E-state index < -0.39 is 0 Å². The van der Waals surface area contributed by atoms with Gasteiger partial charge in [0.2, 0.25) is 0 Å². The van der Waals surface area contributed by atoms with Crippen molar-refractivity contribution in [3.63, 3.8) is 0 Å². The molecule has 3 nitrogen and oxygen atoms in total. The molecule has 0 bridgehead atoms. The second kappa shape index (κ2) is 5.83. The van der Waals surface area contributed by atoms with Gasteiger partial charge in [0.25, 0.3) is 0 Å².